The molecule has 0 radical (unpaired) electrons. The highest BCUT2D eigenvalue weighted by atomic mass is 16.7. The molecule has 0 aromatic carbocycles. The lowest BCUT2D eigenvalue weighted by molar-refractivity contribution is -0.158. The van der Waals surface area contributed by atoms with Crippen molar-refractivity contribution in [2.24, 2.45) is 0 Å². The summed E-state index contributed by atoms with van der Waals surface area (Å²) in [6, 6.07) is 3.78. The predicted octanol–water partition coefficient (Wildman–Crippen LogP) is 4.69. The molecule has 0 spiro atoms. The number of rotatable bonds is 11. The van der Waals surface area contributed by atoms with Crippen molar-refractivity contribution in [3.8, 4) is 0 Å². The fraction of sp³-hybridized carbons (Fsp3) is 0.733. The third kappa shape index (κ3) is 6.22. The van der Waals surface area contributed by atoms with Crippen LogP contribution in [0, 0.1) is 0 Å². The second-order valence-corrected chi connectivity index (χ2v) is 4.50. The van der Waals surface area contributed by atoms with Crippen LogP contribution in [0.1, 0.15) is 64.4 Å². The minimum absolute atomic E-state index is 0.339. The van der Waals surface area contributed by atoms with Crippen molar-refractivity contribution in [2.45, 2.75) is 58.7 Å². The SMILES string of the molecule is CCCCCOC(OCCCCC)c1ccco1. The molecule has 18 heavy (non-hydrogen) atoms. The van der Waals surface area contributed by atoms with E-state index >= 15 is 0 Å². The molecular weight excluding hydrogens is 228 g/mol. The molecule has 0 aliphatic carbocycles. The molecule has 0 unspecified atom stereocenters. The van der Waals surface area contributed by atoms with E-state index < -0.39 is 0 Å². The Morgan fingerprint density at radius 1 is 1.00 bits per heavy atom. The Bertz CT molecular complexity index is 257. The monoisotopic (exact) mass is 254 g/mol. The lowest BCUT2D eigenvalue weighted by Crippen LogP contribution is -2.10. The first-order chi connectivity index (χ1) is 8.88. The number of hydrogen-bond acceptors (Lipinski definition) is 3. The molecule has 0 aliphatic heterocycles. The van der Waals surface area contributed by atoms with E-state index in [1.54, 1.807) is 6.26 Å². The molecule has 3 heteroatoms. The Morgan fingerprint density at radius 2 is 1.61 bits per heavy atom. The summed E-state index contributed by atoms with van der Waals surface area (Å²) in [6.45, 7) is 5.83. The van der Waals surface area contributed by atoms with Crippen molar-refractivity contribution < 1.29 is 13.9 Å². The van der Waals surface area contributed by atoms with Gasteiger partial charge in [0.2, 0.25) is 6.29 Å². The molecule has 1 rings (SSSR count). The van der Waals surface area contributed by atoms with E-state index in [-0.39, 0.29) is 6.29 Å². The molecule has 0 bridgehead atoms. The van der Waals surface area contributed by atoms with Gasteiger partial charge in [-0.1, -0.05) is 39.5 Å². The van der Waals surface area contributed by atoms with Crippen LogP contribution in [0.4, 0.5) is 0 Å². The lowest BCUT2D eigenvalue weighted by Gasteiger charge is -2.16. The Balaban J connectivity index is 2.29. The quantitative estimate of drug-likeness (QED) is 0.424. The van der Waals surface area contributed by atoms with Crippen molar-refractivity contribution in [1.82, 2.24) is 0 Å². The van der Waals surface area contributed by atoms with Crippen LogP contribution in [0.2, 0.25) is 0 Å². The van der Waals surface area contributed by atoms with Gasteiger partial charge in [-0.05, 0) is 25.0 Å². The smallest absolute Gasteiger partial charge is 0.217 e. The third-order valence-electron chi connectivity index (χ3n) is 2.81. The van der Waals surface area contributed by atoms with Gasteiger partial charge in [0.25, 0.3) is 0 Å². The average molecular weight is 254 g/mol. The molecule has 0 amide bonds. The van der Waals surface area contributed by atoms with Crippen LogP contribution >= 0.6 is 0 Å². The average Bonchev–Trinajstić information content (AvgIpc) is 2.91. The fourth-order valence-corrected chi connectivity index (χ4v) is 1.72. The molecule has 0 N–H and O–H groups in total. The van der Waals surface area contributed by atoms with E-state index in [9.17, 15) is 0 Å². The summed E-state index contributed by atoms with van der Waals surface area (Å²) in [5.41, 5.74) is 0. The van der Waals surface area contributed by atoms with Crippen LogP contribution in [-0.4, -0.2) is 13.2 Å². The van der Waals surface area contributed by atoms with E-state index in [0.29, 0.717) is 0 Å². The summed E-state index contributed by atoms with van der Waals surface area (Å²) in [5.74, 6) is 0.767. The van der Waals surface area contributed by atoms with Crippen molar-refractivity contribution in [3.63, 3.8) is 0 Å². The van der Waals surface area contributed by atoms with Crippen LogP contribution < -0.4 is 0 Å². The van der Waals surface area contributed by atoms with E-state index in [2.05, 4.69) is 13.8 Å². The highest BCUT2D eigenvalue weighted by Gasteiger charge is 2.14. The molecule has 0 fully saturated rings. The second kappa shape index (κ2) is 10.2. The van der Waals surface area contributed by atoms with Crippen molar-refractivity contribution in [1.29, 1.82) is 0 Å². The van der Waals surface area contributed by atoms with Crippen molar-refractivity contribution >= 4 is 0 Å². The molecule has 1 heterocycles. The molecule has 0 atom stereocenters. The highest BCUT2D eigenvalue weighted by Crippen LogP contribution is 2.20. The van der Waals surface area contributed by atoms with Gasteiger partial charge in [0, 0.05) is 0 Å². The topological polar surface area (TPSA) is 31.6 Å². The lowest BCUT2D eigenvalue weighted by atomic mass is 10.3. The first-order valence-corrected chi connectivity index (χ1v) is 7.15. The van der Waals surface area contributed by atoms with Crippen LogP contribution in [-0.2, 0) is 9.47 Å². The number of furan rings is 1. The zero-order valence-electron chi connectivity index (χ0n) is 11.7. The third-order valence-corrected chi connectivity index (χ3v) is 2.81. The van der Waals surface area contributed by atoms with E-state index in [1.165, 1.54) is 25.7 Å². The molecule has 0 aliphatic rings. The maximum atomic E-state index is 5.75. The molecule has 1 aromatic rings. The molecule has 3 nitrogen and oxygen atoms in total. The van der Waals surface area contributed by atoms with Gasteiger partial charge in [-0.15, -0.1) is 0 Å². The Morgan fingerprint density at radius 3 is 2.06 bits per heavy atom. The van der Waals surface area contributed by atoms with Gasteiger partial charge in [0.05, 0.1) is 19.5 Å². The van der Waals surface area contributed by atoms with Gasteiger partial charge in [-0.25, -0.2) is 0 Å². The van der Waals surface area contributed by atoms with Gasteiger partial charge in [-0.3, -0.25) is 0 Å². The minimum Gasteiger partial charge on any atom is -0.464 e. The van der Waals surface area contributed by atoms with E-state index in [0.717, 1.165) is 31.8 Å². The Hall–Kier alpha value is -0.800. The van der Waals surface area contributed by atoms with Crippen LogP contribution in [0.3, 0.4) is 0 Å². The standard InChI is InChI=1S/C15H26O3/c1-3-5-7-11-17-15(14-10-9-13-16-14)18-12-8-6-4-2/h9-10,13,15H,3-8,11-12H2,1-2H3. The summed E-state index contributed by atoms with van der Waals surface area (Å²) in [6.07, 6.45) is 8.26. The first kappa shape index (κ1) is 15.3. The molecule has 0 saturated heterocycles. The molecular formula is C15H26O3. The number of hydrogen-bond donors (Lipinski definition) is 0. The zero-order chi connectivity index (χ0) is 13.1. The van der Waals surface area contributed by atoms with Gasteiger partial charge in [-0.2, -0.15) is 0 Å². The maximum absolute atomic E-state index is 5.75. The number of unbranched alkanes of at least 4 members (excludes halogenated alkanes) is 4. The first-order valence-electron chi connectivity index (χ1n) is 7.15. The maximum Gasteiger partial charge on any atom is 0.217 e. The fourth-order valence-electron chi connectivity index (χ4n) is 1.72. The molecule has 0 saturated carbocycles. The van der Waals surface area contributed by atoms with Crippen molar-refractivity contribution in [2.75, 3.05) is 13.2 Å². The summed E-state index contributed by atoms with van der Waals surface area (Å²) in [5, 5.41) is 0. The normalized spacial score (nSPS) is 11.3. The zero-order valence-corrected chi connectivity index (χ0v) is 11.7. The summed E-state index contributed by atoms with van der Waals surface area (Å²) in [4.78, 5) is 0. The largest absolute Gasteiger partial charge is 0.464 e. The van der Waals surface area contributed by atoms with Crippen LogP contribution in [0.5, 0.6) is 0 Å². The van der Waals surface area contributed by atoms with Crippen LogP contribution in [0.15, 0.2) is 22.8 Å². The van der Waals surface area contributed by atoms with Gasteiger partial charge in [0.15, 0.2) is 5.76 Å². The van der Waals surface area contributed by atoms with E-state index in [1.807, 2.05) is 12.1 Å². The summed E-state index contributed by atoms with van der Waals surface area (Å²) >= 11 is 0. The predicted molar refractivity (Wildman–Crippen MR) is 72.4 cm³/mol. The molecule has 1 aromatic heterocycles. The second-order valence-electron chi connectivity index (χ2n) is 4.50. The summed E-state index contributed by atoms with van der Waals surface area (Å²) < 4.78 is 16.9. The Kier molecular flexibility index (Phi) is 8.61. The van der Waals surface area contributed by atoms with Crippen LogP contribution in [0.25, 0.3) is 0 Å². The van der Waals surface area contributed by atoms with Gasteiger partial charge < -0.3 is 13.9 Å². The van der Waals surface area contributed by atoms with Gasteiger partial charge >= 0.3 is 0 Å². The highest BCUT2D eigenvalue weighted by molar-refractivity contribution is 4.99. The van der Waals surface area contributed by atoms with Gasteiger partial charge in [0.1, 0.15) is 0 Å². The Labute approximate surface area is 110 Å². The molecule has 104 valence electrons. The summed E-state index contributed by atoms with van der Waals surface area (Å²) in [7, 11) is 0. The van der Waals surface area contributed by atoms with E-state index in [4.69, 9.17) is 13.9 Å². The minimum atomic E-state index is -0.339. The van der Waals surface area contributed by atoms with Crippen molar-refractivity contribution in [3.05, 3.63) is 24.2 Å². The number of ether oxygens (including phenoxy) is 2.